The molecule has 3 rings (SSSR count). The van der Waals surface area contributed by atoms with E-state index in [0.29, 0.717) is 16.6 Å². The van der Waals surface area contributed by atoms with Crippen molar-refractivity contribution in [2.45, 2.75) is 12.3 Å². The third-order valence-corrected chi connectivity index (χ3v) is 3.68. The van der Waals surface area contributed by atoms with Crippen LogP contribution in [-0.2, 0) is 4.74 Å². The predicted octanol–water partition coefficient (Wildman–Crippen LogP) is 2.09. The topological polar surface area (TPSA) is 55.3 Å². The van der Waals surface area contributed by atoms with Gasteiger partial charge in [-0.25, -0.2) is 0 Å². The first kappa shape index (κ1) is 14.2. The van der Waals surface area contributed by atoms with E-state index in [4.69, 9.17) is 0 Å². The molecule has 112 valence electrons. The average molecular weight is 317 g/mol. The molecule has 0 unspecified atom stereocenters. The number of alkyl halides is 3. The number of rotatable bonds is 3. The minimum Gasteiger partial charge on any atom is -0.365 e. The summed E-state index contributed by atoms with van der Waals surface area (Å²) in [5.41, 5.74) is 1.80. The van der Waals surface area contributed by atoms with Crippen LogP contribution in [0.2, 0.25) is 0 Å². The molecule has 0 aliphatic carbocycles. The number of hydrogen-bond acceptors (Lipinski definition) is 5. The maximum Gasteiger partial charge on any atom is 0.411 e. The third kappa shape index (κ3) is 3.13. The van der Waals surface area contributed by atoms with Crippen molar-refractivity contribution in [3.63, 3.8) is 0 Å². The number of likely N-dealkylation sites (tertiary alicyclic amines) is 1. The van der Waals surface area contributed by atoms with Gasteiger partial charge in [-0.1, -0.05) is 0 Å². The van der Waals surface area contributed by atoms with Gasteiger partial charge in [0.1, 0.15) is 17.6 Å². The Morgan fingerprint density at radius 3 is 2.76 bits per heavy atom. The highest BCUT2D eigenvalue weighted by Crippen LogP contribution is 2.21. The molecule has 2 heterocycles. The molecule has 5 nitrogen and oxygen atoms in total. The quantitative estimate of drug-likeness (QED) is 0.870. The van der Waals surface area contributed by atoms with Gasteiger partial charge in [0.15, 0.2) is 0 Å². The number of nitrogens with zero attached hydrogens (tertiary/aromatic N) is 3. The fourth-order valence-corrected chi connectivity index (χ4v) is 2.54. The van der Waals surface area contributed by atoms with E-state index in [0.717, 1.165) is 11.7 Å². The molecule has 9 heteroatoms. The summed E-state index contributed by atoms with van der Waals surface area (Å²) in [4.78, 5) is 13.6. The number of ether oxygens (including phenoxy) is 1. The predicted molar refractivity (Wildman–Crippen MR) is 69.1 cm³/mol. The van der Waals surface area contributed by atoms with Gasteiger partial charge in [-0.3, -0.25) is 4.79 Å². The molecule has 1 amide bonds. The molecule has 0 spiro atoms. The summed E-state index contributed by atoms with van der Waals surface area (Å²) in [6.07, 6.45) is -4.90. The second-order valence-electron chi connectivity index (χ2n) is 4.73. The van der Waals surface area contributed by atoms with E-state index >= 15 is 0 Å². The van der Waals surface area contributed by atoms with Crippen molar-refractivity contribution >= 4 is 28.7 Å². The Bertz CT molecular complexity index is 667. The van der Waals surface area contributed by atoms with Crippen LogP contribution >= 0.6 is 11.7 Å². The van der Waals surface area contributed by atoms with E-state index in [9.17, 15) is 18.0 Å². The number of benzene rings is 1. The molecule has 1 aromatic carbocycles. The molecule has 1 fully saturated rings. The van der Waals surface area contributed by atoms with Crippen LogP contribution in [0.15, 0.2) is 18.2 Å². The second kappa shape index (κ2) is 5.23. The van der Waals surface area contributed by atoms with Crippen molar-refractivity contribution in [3.8, 4) is 0 Å². The van der Waals surface area contributed by atoms with Crippen LogP contribution < -0.4 is 0 Å². The Morgan fingerprint density at radius 2 is 2.05 bits per heavy atom. The van der Waals surface area contributed by atoms with Crippen LogP contribution in [0.1, 0.15) is 10.4 Å². The standard InChI is InChI=1S/C12H10F3N3O2S/c13-12(14,15)6-20-8-4-18(5-8)11(19)7-1-2-9-10(3-7)17-21-16-9/h1-3,8H,4-6H2. The van der Waals surface area contributed by atoms with E-state index in [1.165, 1.54) is 4.90 Å². The average Bonchev–Trinajstić information content (AvgIpc) is 2.82. The fraction of sp³-hybridized carbons (Fsp3) is 0.417. The third-order valence-electron chi connectivity index (χ3n) is 3.12. The largest absolute Gasteiger partial charge is 0.411 e. The fourth-order valence-electron chi connectivity index (χ4n) is 2.02. The van der Waals surface area contributed by atoms with E-state index in [2.05, 4.69) is 13.5 Å². The van der Waals surface area contributed by atoms with Crippen molar-refractivity contribution < 1.29 is 22.7 Å². The summed E-state index contributed by atoms with van der Waals surface area (Å²) < 4.78 is 48.8. The Hall–Kier alpha value is -1.74. The Balaban J connectivity index is 1.57. The lowest BCUT2D eigenvalue weighted by molar-refractivity contribution is -0.196. The van der Waals surface area contributed by atoms with E-state index < -0.39 is 18.9 Å². The number of carbonyl (C=O) groups is 1. The highest BCUT2D eigenvalue weighted by molar-refractivity contribution is 7.00. The van der Waals surface area contributed by atoms with Gasteiger partial charge in [0.2, 0.25) is 0 Å². The number of aromatic nitrogens is 2. The minimum absolute atomic E-state index is 0.169. The monoisotopic (exact) mass is 317 g/mol. The molecule has 21 heavy (non-hydrogen) atoms. The van der Waals surface area contributed by atoms with Crippen LogP contribution in [-0.4, -0.2) is 51.5 Å². The lowest BCUT2D eigenvalue weighted by Crippen LogP contribution is -2.55. The number of halogens is 3. The zero-order chi connectivity index (χ0) is 15.0. The highest BCUT2D eigenvalue weighted by Gasteiger charge is 2.36. The van der Waals surface area contributed by atoms with Gasteiger partial charge in [0.05, 0.1) is 17.8 Å². The van der Waals surface area contributed by atoms with Crippen LogP contribution in [0, 0.1) is 0 Å². The van der Waals surface area contributed by atoms with Crippen molar-refractivity contribution in [1.82, 2.24) is 13.6 Å². The summed E-state index contributed by atoms with van der Waals surface area (Å²) in [5, 5.41) is 0. The molecule has 1 saturated heterocycles. The second-order valence-corrected chi connectivity index (χ2v) is 5.25. The summed E-state index contributed by atoms with van der Waals surface area (Å²) in [6.45, 7) is -0.944. The van der Waals surface area contributed by atoms with Crippen molar-refractivity contribution in [2.75, 3.05) is 19.7 Å². The van der Waals surface area contributed by atoms with Crippen LogP contribution in [0.4, 0.5) is 13.2 Å². The molecular formula is C12H10F3N3O2S. The number of amides is 1. The normalized spacial score (nSPS) is 16.2. The molecule has 1 aromatic heterocycles. The lowest BCUT2D eigenvalue weighted by Gasteiger charge is -2.39. The van der Waals surface area contributed by atoms with Crippen LogP contribution in [0.3, 0.4) is 0 Å². The van der Waals surface area contributed by atoms with Gasteiger partial charge in [0.25, 0.3) is 5.91 Å². The van der Waals surface area contributed by atoms with Gasteiger partial charge < -0.3 is 9.64 Å². The molecule has 0 bridgehead atoms. The number of fused-ring (bicyclic) bond motifs is 1. The maximum atomic E-state index is 12.1. The van der Waals surface area contributed by atoms with Crippen molar-refractivity contribution in [2.24, 2.45) is 0 Å². The zero-order valence-electron chi connectivity index (χ0n) is 10.6. The summed E-state index contributed by atoms with van der Waals surface area (Å²) in [5.74, 6) is -0.239. The molecular weight excluding hydrogens is 307 g/mol. The summed E-state index contributed by atoms with van der Waals surface area (Å²) in [6, 6.07) is 4.96. The maximum absolute atomic E-state index is 12.1. The van der Waals surface area contributed by atoms with Gasteiger partial charge in [0, 0.05) is 18.7 Å². The summed E-state index contributed by atoms with van der Waals surface area (Å²) >= 11 is 1.06. The minimum atomic E-state index is -4.34. The lowest BCUT2D eigenvalue weighted by atomic mass is 10.1. The summed E-state index contributed by atoms with van der Waals surface area (Å²) in [7, 11) is 0. The Morgan fingerprint density at radius 1 is 1.33 bits per heavy atom. The molecule has 0 atom stereocenters. The smallest absolute Gasteiger partial charge is 0.365 e. The van der Waals surface area contributed by atoms with Gasteiger partial charge in [-0.05, 0) is 18.2 Å². The SMILES string of the molecule is O=C(c1ccc2nsnc2c1)N1CC(OCC(F)(F)F)C1. The number of hydrogen-bond donors (Lipinski definition) is 0. The molecule has 1 aliphatic heterocycles. The van der Waals surface area contributed by atoms with Crippen molar-refractivity contribution in [1.29, 1.82) is 0 Å². The highest BCUT2D eigenvalue weighted by atomic mass is 32.1. The Labute approximate surface area is 121 Å². The van der Waals surface area contributed by atoms with E-state index in [-0.39, 0.29) is 19.0 Å². The van der Waals surface area contributed by atoms with Crippen LogP contribution in [0.25, 0.3) is 11.0 Å². The Kier molecular flexibility index (Phi) is 3.54. The van der Waals surface area contributed by atoms with Crippen LogP contribution in [0.5, 0.6) is 0 Å². The molecule has 2 aromatic rings. The van der Waals surface area contributed by atoms with E-state index in [1.807, 2.05) is 0 Å². The molecule has 0 radical (unpaired) electrons. The molecule has 1 aliphatic rings. The van der Waals surface area contributed by atoms with Gasteiger partial charge in [-0.2, -0.15) is 21.9 Å². The van der Waals surface area contributed by atoms with Gasteiger partial charge in [-0.15, -0.1) is 0 Å². The first-order valence-electron chi connectivity index (χ1n) is 6.12. The first-order valence-corrected chi connectivity index (χ1v) is 6.85. The first-order chi connectivity index (χ1) is 9.92. The van der Waals surface area contributed by atoms with Crippen molar-refractivity contribution in [3.05, 3.63) is 23.8 Å². The van der Waals surface area contributed by atoms with E-state index in [1.54, 1.807) is 18.2 Å². The van der Waals surface area contributed by atoms with Gasteiger partial charge >= 0.3 is 6.18 Å². The zero-order valence-corrected chi connectivity index (χ0v) is 11.4. The molecule has 0 N–H and O–H groups in total. The molecule has 0 saturated carbocycles. The number of carbonyl (C=O) groups excluding carboxylic acids is 1.